The van der Waals surface area contributed by atoms with E-state index >= 15 is 0 Å². The third-order valence-corrected chi connectivity index (χ3v) is 5.10. The van der Waals surface area contributed by atoms with Gasteiger partial charge in [0.25, 0.3) is 0 Å². The smallest absolute Gasteiger partial charge is 0.321 e. The van der Waals surface area contributed by atoms with E-state index in [2.05, 4.69) is 40.6 Å². The van der Waals surface area contributed by atoms with Crippen molar-refractivity contribution in [3.05, 3.63) is 66.4 Å². The minimum atomic E-state index is 0.00270. The van der Waals surface area contributed by atoms with Gasteiger partial charge in [-0.1, -0.05) is 48.5 Å². The number of amides is 2. The lowest BCUT2D eigenvalue weighted by Crippen LogP contribution is -2.41. The quantitative estimate of drug-likeness (QED) is 0.720. The monoisotopic (exact) mass is 333 g/mol. The fourth-order valence-corrected chi connectivity index (χ4v) is 3.66. The zero-order valence-electron chi connectivity index (χ0n) is 14.2. The lowest BCUT2D eigenvalue weighted by atomic mass is 9.90. The van der Waals surface area contributed by atoms with Crippen LogP contribution in [0.4, 0.5) is 10.5 Å². The van der Waals surface area contributed by atoms with Crippen molar-refractivity contribution in [3.63, 3.8) is 0 Å². The minimum absolute atomic E-state index is 0.00270. The minimum Gasteiger partial charge on any atom is -0.359 e. The third kappa shape index (κ3) is 3.53. The number of anilines is 1. The molecule has 0 radical (unpaired) electrons. The van der Waals surface area contributed by atoms with Crippen LogP contribution in [0.2, 0.25) is 0 Å². The number of aromatic nitrogens is 1. The van der Waals surface area contributed by atoms with Crippen molar-refractivity contribution in [3.8, 4) is 0 Å². The molecule has 2 aromatic carbocycles. The number of hydrogen-bond acceptors (Lipinski definition) is 1. The molecule has 0 unspecified atom stereocenters. The van der Waals surface area contributed by atoms with Crippen molar-refractivity contribution in [2.24, 2.45) is 5.92 Å². The van der Waals surface area contributed by atoms with E-state index in [0.29, 0.717) is 5.92 Å². The van der Waals surface area contributed by atoms with Crippen LogP contribution in [0.25, 0.3) is 10.9 Å². The molecule has 1 aromatic heterocycles. The lowest BCUT2D eigenvalue weighted by Gasteiger charge is -2.32. The standard InChI is InChI=1S/C21H23N3O/c25-21(23-20-15-22-19-9-5-4-8-18(19)20)24-12-10-17(11-13-24)14-16-6-2-1-3-7-16/h1-9,15,17,22H,10-14H2,(H,23,25). The van der Waals surface area contributed by atoms with Crippen LogP contribution in [0.5, 0.6) is 0 Å². The molecular weight excluding hydrogens is 310 g/mol. The number of piperidine rings is 1. The molecule has 2 N–H and O–H groups in total. The molecule has 4 nitrogen and oxygen atoms in total. The van der Waals surface area contributed by atoms with E-state index in [1.165, 1.54) is 5.56 Å². The van der Waals surface area contributed by atoms with Gasteiger partial charge in [0.2, 0.25) is 0 Å². The Kier molecular flexibility index (Phi) is 4.42. The maximum absolute atomic E-state index is 12.6. The molecule has 1 aliphatic heterocycles. The molecule has 2 amide bonds. The Morgan fingerprint density at radius 3 is 2.56 bits per heavy atom. The SMILES string of the molecule is O=C(Nc1c[nH]c2ccccc12)N1CCC(Cc2ccccc2)CC1. The normalized spacial score (nSPS) is 15.4. The number of para-hydroxylation sites is 1. The number of hydrogen-bond donors (Lipinski definition) is 2. The second-order valence-corrected chi connectivity index (χ2v) is 6.80. The summed E-state index contributed by atoms with van der Waals surface area (Å²) in [5.74, 6) is 0.666. The van der Waals surface area contributed by atoms with E-state index in [1.54, 1.807) is 0 Å². The number of urea groups is 1. The van der Waals surface area contributed by atoms with Crippen LogP contribution >= 0.6 is 0 Å². The Morgan fingerprint density at radius 2 is 1.76 bits per heavy atom. The summed E-state index contributed by atoms with van der Waals surface area (Å²) in [6.45, 7) is 1.65. The number of aromatic amines is 1. The highest BCUT2D eigenvalue weighted by Crippen LogP contribution is 2.25. The van der Waals surface area contributed by atoms with Gasteiger partial charge in [0, 0.05) is 30.2 Å². The fraction of sp³-hybridized carbons (Fsp3) is 0.286. The van der Waals surface area contributed by atoms with Crippen molar-refractivity contribution in [2.75, 3.05) is 18.4 Å². The first kappa shape index (κ1) is 15.8. The molecule has 2 heterocycles. The van der Waals surface area contributed by atoms with Gasteiger partial charge in [-0.25, -0.2) is 4.79 Å². The number of carbonyl (C=O) groups excluding carboxylic acids is 1. The molecule has 1 saturated heterocycles. The highest BCUT2D eigenvalue weighted by atomic mass is 16.2. The zero-order chi connectivity index (χ0) is 17.1. The van der Waals surface area contributed by atoms with Gasteiger partial charge < -0.3 is 15.2 Å². The first-order chi connectivity index (χ1) is 12.3. The number of carbonyl (C=O) groups is 1. The Labute approximate surface area is 147 Å². The van der Waals surface area contributed by atoms with Crippen LogP contribution in [0.3, 0.4) is 0 Å². The second-order valence-electron chi connectivity index (χ2n) is 6.80. The number of H-pyrrole nitrogens is 1. The third-order valence-electron chi connectivity index (χ3n) is 5.10. The predicted octanol–water partition coefficient (Wildman–Crippen LogP) is 4.65. The van der Waals surface area contributed by atoms with Gasteiger partial charge in [-0.2, -0.15) is 0 Å². The average molecular weight is 333 g/mol. The summed E-state index contributed by atoms with van der Waals surface area (Å²) in [5, 5.41) is 4.11. The van der Waals surface area contributed by atoms with E-state index in [-0.39, 0.29) is 6.03 Å². The maximum atomic E-state index is 12.6. The summed E-state index contributed by atoms with van der Waals surface area (Å²) >= 11 is 0. The maximum Gasteiger partial charge on any atom is 0.321 e. The second kappa shape index (κ2) is 7.01. The van der Waals surface area contributed by atoms with Crippen molar-refractivity contribution in [2.45, 2.75) is 19.3 Å². The van der Waals surface area contributed by atoms with E-state index in [4.69, 9.17) is 0 Å². The van der Waals surface area contributed by atoms with Crippen LogP contribution in [-0.2, 0) is 6.42 Å². The first-order valence-electron chi connectivity index (χ1n) is 8.95. The Morgan fingerprint density at radius 1 is 1.04 bits per heavy atom. The highest BCUT2D eigenvalue weighted by Gasteiger charge is 2.23. The van der Waals surface area contributed by atoms with Crippen molar-refractivity contribution < 1.29 is 4.79 Å². The molecule has 0 spiro atoms. The van der Waals surface area contributed by atoms with E-state index < -0.39 is 0 Å². The highest BCUT2D eigenvalue weighted by molar-refractivity contribution is 6.00. The average Bonchev–Trinajstić information content (AvgIpc) is 3.06. The van der Waals surface area contributed by atoms with Crippen LogP contribution in [0, 0.1) is 5.92 Å². The summed E-state index contributed by atoms with van der Waals surface area (Å²) in [4.78, 5) is 17.7. The number of benzene rings is 2. The Balaban J connectivity index is 1.33. The van der Waals surface area contributed by atoms with E-state index in [1.807, 2.05) is 35.4 Å². The molecular formula is C21H23N3O. The molecule has 3 aromatic rings. The molecule has 0 bridgehead atoms. The van der Waals surface area contributed by atoms with Crippen molar-refractivity contribution >= 4 is 22.6 Å². The number of fused-ring (bicyclic) bond motifs is 1. The van der Waals surface area contributed by atoms with Crippen LogP contribution in [-0.4, -0.2) is 29.0 Å². The number of nitrogens with one attached hydrogen (secondary N) is 2. The van der Waals surface area contributed by atoms with Gasteiger partial charge in [-0.15, -0.1) is 0 Å². The van der Waals surface area contributed by atoms with Gasteiger partial charge in [-0.3, -0.25) is 0 Å². The summed E-state index contributed by atoms with van der Waals surface area (Å²) in [6.07, 6.45) is 5.11. The van der Waals surface area contributed by atoms with Crippen LogP contribution < -0.4 is 5.32 Å². The molecule has 1 aliphatic rings. The topological polar surface area (TPSA) is 48.1 Å². The summed E-state index contributed by atoms with van der Waals surface area (Å²) in [6, 6.07) is 18.6. The number of rotatable bonds is 3. The van der Waals surface area contributed by atoms with Gasteiger partial charge >= 0.3 is 6.03 Å². The van der Waals surface area contributed by atoms with Crippen molar-refractivity contribution in [1.82, 2.24) is 9.88 Å². The van der Waals surface area contributed by atoms with Crippen LogP contribution in [0.1, 0.15) is 18.4 Å². The van der Waals surface area contributed by atoms with E-state index in [0.717, 1.165) is 48.9 Å². The van der Waals surface area contributed by atoms with Crippen LogP contribution in [0.15, 0.2) is 60.8 Å². The molecule has 25 heavy (non-hydrogen) atoms. The fourth-order valence-electron chi connectivity index (χ4n) is 3.66. The van der Waals surface area contributed by atoms with Gasteiger partial charge in [0.1, 0.15) is 0 Å². The largest absolute Gasteiger partial charge is 0.359 e. The van der Waals surface area contributed by atoms with Gasteiger partial charge in [-0.05, 0) is 36.8 Å². The molecule has 0 atom stereocenters. The zero-order valence-corrected chi connectivity index (χ0v) is 14.2. The predicted molar refractivity (Wildman–Crippen MR) is 102 cm³/mol. The van der Waals surface area contributed by atoms with Gasteiger partial charge in [0.05, 0.1) is 5.69 Å². The summed E-state index contributed by atoms with van der Waals surface area (Å²) in [5.41, 5.74) is 3.29. The number of nitrogens with zero attached hydrogens (tertiary/aromatic N) is 1. The Bertz CT molecular complexity index is 848. The molecule has 4 rings (SSSR count). The molecule has 1 fully saturated rings. The molecule has 0 aliphatic carbocycles. The number of likely N-dealkylation sites (tertiary alicyclic amines) is 1. The molecule has 4 heteroatoms. The van der Waals surface area contributed by atoms with E-state index in [9.17, 15) is 4.79 Å². The molecule has 128 valence electrons. The van der Waals surface area contributed by atoms with Crippen molar-refractivity contribution in [1.29, 1.82) is 0 Å². The lowest BCUT2D eigenvalue weighted by molar-refractivity contribution is 0.182. The molecule has 0 saturated carbocycles. The van der Waals surface area contributed by atoms with Gasteiger partial charge in [0.15, 0.2) is 0 Å². The first-order valence-corrected chi connectivity index (χ1v) is 8.95. The summed E-state index contributed by atoms with van der Waals surface area (Å²) < 4.78 is 0. The Hall–Kier alpha value is -2.75. The summed E-state index contributed by atoms with van der Waals surface area (Å²) in [7, 11) is 0.